The summed E-state index contributed by atoms with van der Waals surface area (Å²) < 4.78 is 0. The van der Waals surface area contributed by atoms with E-state index < -0.39 is 0 Å². The van der Waals surface area contributed by atoms with Gasteiger partial charge in [-0.15, -0.1) is 0 Å². The van der Waals surface area contributed by atoms with Crippen LogP contribution >= 0.6 is 0 Å². The van der Waals surface area contributed by atoms with Crippen LogP contribution in [-0.4, -0.2) is 0 Å². The van der Waals surface area contributed by atoms with Crippen LogP contribution in [0.3, 0.4) is 0 Å². The summed E-state index contributed by atoms with van der Waals surface area (Å²) in [4.78, 5) is 0. The van der Waals surface area contributed by atoms with Gasteiger partial charge < -0.3 is 0 Å². The number of allylic oxidation sites excluding steroid dienone is 2. The summed E-state index contributed by atoms with van der Waals surface area (Å²) in [5, 5.41) is 0. The van der Waals surface area contributed by atoms with Crippen molar-refractivity contribution in [2.45, 2.75) is 143 Å². The Bertz CT molecular complexity index is 245. The van der Waals surface area contributed by atoms with Crippen molar-refractivity contribution < 1.29 is 0 Å². The van der Waals surface area contributed by atoms with Gasteiger partial charge in [-0.1, -0.05) is 129 Å². The SMILES string of the molecule is CCCCCCCCCCCCCCCCCCC=C(CC)CC. The highest BCUT2D eigenvalue weighted by molar-refractivity contribution is 4.99. The fourth-order valence-corrected chi connectivity index (χ4v) is 3.54. The first-order valence-corrected chi connectivity index (χ1v) is 11.5. The summed E-state index contributed by atoms with van der Waals surface area (Å²) in [5.41, 5.74) is 1.65. The van der Waals surface area contributed by atoms with E-state index in [-0.39, 0.29) is 0 Å². The fourth-order valence-electron chi connectivity index (χ4n) is 3.54. The minimum Gasteiger partial charge on any atom is -0.0854 e. The van der Waals surface area contributed by atoms with Gasteiger partial charge in [0.05, 0.1) is 0 Å². The molecule has 0 heteroatoms. The van der Waals surface area contributed by atoms with Crippen LogP contribution in [0.2, 0.25) is 0 Å². The van der Waals surface area contributed by atoms with Crippen LogP contribution < -0.4 is 0 Å². The average Bonchev–Trinajstić information content (AvgIpc) is 2.61. The Morgan fingerprint density at radius 1 is 0.458 bits per heavy atom. The normalized spacial score (nSPS) is 11.0. The van der Waals surface area contributed by atoms with E-state index in [1.54, 1.807) is 5.57 Å². The Hall–Kier alpha value is -0.260. The first-order chi connectivity index (χ1) is 11.8. The zero-order valence-electron chi connectivity index (χ0n) is 17.5. The lowest BCUT2D eigenvalue weighted by molar-refractivity contribution is 0.530. The third-order valence-electron chi connectivity index (χ3n) is 5.40. The molecule has 0 aliphatic heterocycles. The van der Waals surface area contributed by atoms with Crippen molar-refractivity contribution >= 4 is 0 Å². The fraction of sp³-hybridized carbons (Fsp3) is 0.917. The lowest BCUT2D eigenvalue weighted by Crippen LogP contribution is -1.84. The molecule has 0 saturated heterocycles. The number of rotatable bonds is 19. The molecule has 0 aliphatic carbocycles. The van der Waals surface area contributed by atoms with E-state index in [0.29, 0.717) is 0 Å². The highest BCUT2D eigenvalue weighted by atomic mass is 14.0. The van der Waals surface area contributed by atoms with Gasteiger partial charge in [-0.05, 0) is 25.7 Å². The predicted molar refractivity (Wildman–Crippen MR) is 113 cm³/mol. The van der Waals surface area contributed by atoms with E-state index >= 15 is 0 Å². The van der Waals surface area contributed by atoms with E-state index in [1.807, 2.05) is 0 Å². The summed E-state index contributed by atoms with van der Waals surface area (Å²) in [6.07, 6.45) is 29.7. The first kappa shape index (κ1) is 23.7. The van der Waals surface area contributed by atoms with Crippen LogP contribution in [0, 0.1) is 0 Å². The van der Waals surface area contributed by atoms with Crippen LogP contribution in [0.15, 0.2) is 11.6 Å². The van der Waals surface area contributed by atoms with Crippen molar-refractivity contribution in [2.75, 3.05) is 0 Å². The Kier molecular flexibility index (Phi) is 20.6. The maximum absolute atomic E-state index is 2.49. The van der Waals surface area contributed by atoms with Crippen LogP contribution in [0.25, 0.3) is 0 Å². The van der Waals surface area contributed by atoms with E-state index in [0.717, 1.165) is 0 Å². The van der Waals surface area contributed by atoms with Crippen molar-refractivity contribution in [2.24, 2.45) is 0 Å². The van der Waals surface area contributed by atoms with E-state index in [1.165, 1.54) is 122 Å². The van der Waals surface area contributed by atoms with Gasteiger partial charge in [-0.3, -0.25) is 0 Å². The largest absolute Gasteiger partial charge is 0.0854 e. The minimum absolute atomic E-state index is 1.25. The highest BCUT2D eigenvalue weighted by Gasteiger charge is 1.95. The molecule has 0 fully saturated rings. The minimum atomic E-state index is 1.25. The van der Waals surface area contributed by atoms with Gasteiger partial charge >= 0.3 is 0 Å². The van der Waals surface area contributed by atoms with Gasteiger partial charge in [0.2, 0.25) is 0 Å². The van der Waals surface area contributed by atoms with Gasteiger partial charge in [0, 0.05) is 0 Å². The van der Waals surface area contributed by atoms with Crippen molar-refractivity contribution in [3.05, 3.63) is 11.6 Å². The molecule has 0 heterocycles. The molecule has 0 radical (unpaired) electrons. The molecule has 0 aromatic rings. The molecule has 0 rings (SSSR count). The van der Waals surface area contributed by atoms with Crippen molar-refractivity contribution in [3.8, 4) is 0 Å². The van der Waals surface area contributed by atoms with Crippen LogP contribution in [0.4, 0.5) is 0 Å². The van der Waals surface area contributed by atoms with Gasteiger partial charge in [0.1, 0.15) is 0 Å². The molecule has 0 aromatic heterocycles. The second kappa shape index (κ2) is 20.8. The summed E-state index contributed by atoms with van der Waals surface area (Å²) in [6.45, 7) is 6.86. The lowest BCUT2D eigenvalue weighted by atomic mass is 10.0. The Morgan fingerprint density at radius 2 is 0.792 bits per heavy atom. The van der Waals surface area contributed by atoms with Crippen molar-refractivity contribution in [1.29, 1.82) is 0 Å². The third-order valence-corrected chi connectivity index (χ3v) is 5.40. The topological polar surface area (TPSA) is 0 Å². The highest BCUT2D eigenvalue weighted by Crippen LogP contribution is 2.14. The number of hydrogen-bond donors (Lipinski definition) is 0. The van der Waals surface area contributed by atoms with Gasteiger partial charge in [0.25, 0.3) is 0 Å². The maximum atomic E-state index is 2.49. The maximum Gasteiger partial charge on any atom is -0.0348 e. The monoisotopic (exact) mass is 336 g/mol. The third kappa shape index (κ3) is 18.1. The predicted octanol–water partition coefficient (Wildman–Crippen LogP) is 9.38. The molecule has 0 atom stereocenters. The Morgan fingerprint density at radius 3 is 1.12 bits per heavy atom. The van der Waals surface area contributed by atoms with Crippen molar-refractivity contribution in [3.63, 3.8) is 0 Å². The molecule has 0 spiro atoms. The molecule has 0 aromatic carbocycles. The molecule has 0 unspecified atom stereocenters. The average molecular weight is 337 g/mol. The smallest absolute Gasteiger partial charge is 0.0348 e. The number of unbranched alkanes of at least 4 members (excludes halogenated alkanes) is 16. The second-order valence-electron chi connectivity index (χ2n) is 7.66. The van der Waals surface area contributed by atoms with Crippen LogP contribution in [0.1, 0.15) is 143 Å². The summed E-state index contributed by atoms with van der Waals surface area (Å²) in [5.74, 6) is 0. The van der Waals surface area contributed by atoms with Gasteiger partial charge in [0.15, 0.2) is 0 Å². The van der Waals surface area contributed by atoms with Gasteiger partial charge in [-0.25, -0.2) is 0 Å². The Labute approximate surface area is 154 Å². The molecule has 0 N–H and O–H groups in total. The van der Waals surface area contributed by atoms with Crippen molar-refractivity contribution in [1.82, 2.24) is 0 Å². The first-order valence-electron chi connectivity index (χ1n) is 11.5. The molecular weight excluding hydrogens is 288 g/mol. The summed E-state index contributed by atoms with van der Waals surface area (Å²) in [7, 11) is 0. The molecule has 0 saturated carbocycles. The van der Waals surface area contributed by atoms with Gasteiger partial charge in [-0.2, -0.15) is 0 Å². The zero-order valence-corrected chi connectivity index (χ0v) is 17.5. The molecule has 144 valence electrons. The van der Waals surface area contributed by atoms with Crippen LogP contribution in [0.5, 0.6) is 0 Å². The molecule has 0 amide bonds. The van der Waals surface area contributed by atoms with E-state index in [2.05, 4.69) is 26.8 Å². The summed E-state index contributed by atoms with van der Waals surface area (Å²) in [6, 6.07) is 0. The molecular formula is C24H48. The molecule has 24 heavy (non-hydrogen) atoms. The number of hydrogen-bond acceptors (Lipinski definition) is 0. The molecule has 0 nitrogen and oxygen atoms in total. The quantitative estimate of drug-likeness (QED) is 0.163. The Balaban J connectivity index is 3.09. The standard InChI is InChI=1S/C24H48/c1-4-7-8-9-10-11-12-13-14-15-16-17-18-19-20-21-22-23-24(5-2)6-3/h23H,4-22H2,1-3H3. The second-order valence-corrected chi connectivity index (χ2v) is 7.66. The van der Waals surface area contributed by atoms with E-state index in [4.69, 9.17) is 0 Å². The van der Waals surface area contributed by atoms with E-state index in [9.17, 15) is 0 Å². The lowest BCUT2D eigenvalue weighted by Gasteiger charge is -2.03. The summed E-state index contributed by atoms with van der Waals surface area (Å²) >= 11 is 0. The molecule has 0 bridgehead atoms. The molecule has 0 aliphatic rings. The van der Waals surface area contributed by atoms with Crippen LogP contribution in [-0.2, 0) is 0 Å². The zero-order chi connectivity index (χ0) is 17.7.